The van der Waals surface area contributed by atoms with Gasteiger partial charge in [-0.2, -0.15) is 0 Å². The smallest absolute Gasteiger partial charge is 0.287 e. The number of fused-ring (bicyclic) bond motifs is 1. The van der Waals surface area contributed by atoms with Crippen LogP contribution >= 0.6 is 12.2 Å². The van der Waals surface area contributed by atoms with Crippen LogP contribution in [0.25, 0.3) is 11.0 Å². The molecule has 0 saturated heterocycles. The lowest BCUT2D eigenvalue weighted by molar-refractivity contribution is 0.0900. The lowest BCUT2D eigenvalue weighted by Gasteiger charge is -2.27. The first-order valence-corrected chi connectivity index (χ1v) is 6.48. The third-order valence-corrected chi connectivity index (χ3v) is 3.74. The monoisotopic (exact) mass is 276 g/mol. The zero-order valence-electron chi connectivity index (χ0n) is 10.9. The van der Waals surface area contributed by atoms with Crippen LogP contribution in [-0.4, -0.2) is 16.4 Å². The minimum absolute atomic E-state index is 0.261. The van der Waals surface area contributed by atoms with Crippen LogP contribution in [0.5, 0.6) is 0 Å². The summed E-state index contributed by atoms with van der Waals surface area (Å²) in [5, 5.41) is 3.71. The largest absolute Gasteiger partial charge is 0.451 e. The molecule has 1 aromatic carbocycles. The summed E-state index contributed by atoms with van der Waals surface area (Å²) in [5.74, 6) is -0.0505. The topological polar surface area (TPSA) is 68.3 Å². The zero-order valence-corrected chi connectivity index (χ0v) is 11.7. The van der Waals surface area contributed by atoms with Crippen molar-refractivity contribution >= 4 is 34.1 Å². The molecule has 1 amide bonds. The molecule has 2 aromatic rings. The van der Waals surface area contributed by atoms with Gasteiger partial charge in [0.2, 0.25) is 0 Å². The van der Waals surface area contributed by atoms with Crippen molar-refractivity contribution in [2.24, 2.45) is 5.73 Å². The number of carbonyl (C=O) groups excluding carboxylic acids is 1. The maximum atomic E-state index is 12.2. The van der Waals surface area contributed by atoms with Gasteiger partial charge in [0.1, 0.15) is 5.58 Å². The third-order valence-electron chi connectivity index (χ3n) is 3.29. The first-order chi connectivity index (χ1) is 8.96. The van der Waals surface area contributed by atoms with Crippen LogP contribution < -0.4 is 11.1 Å². The molecular weight excluding hydrogens is 260 g/mol. The van der Waals surface area contributed by atoms with Gasteiger partial charge in [0.05, 0.1) is 10.5 Å². The quantitative estimate of drug-likeness (QED) is 0.842. The highest BCUT2D eigenvalue weighted by Crippen LogP contribution is 2.20. The summed E-state index contributed by atoms with van der Waals surface area (Å²) in [7, 11) is 0. The fourth-order valence-electron chi connectivity index (χ4n) is 1.73. The standard InChI is InChI=1S/C14H16N2O2S/c1-3-14(2,13(15)19)16-12(17)11-8-9-6-4-5-7-10(9)18-11/h4-8H,3H2,1-2H3,(H2,15,19)(H,16,17). The Hall–Kier alpha value is -1.88. The summed E-state index contributed by atoms with van der Waals surface area (Å²) in [6.07, 6.45) is 0.619. The molecule has 4 nitrogen and oxygen atoms in total. The molecule has 3 N–H and O–H groups in total. The molecule has 100 valence electrons. The number of nitrogens with two attached hydrogens (primary N) is 1. The van der Waals surface area contributed by atoms with Crippen molar-refractivity contribution in [3.05, 3.63) is 36.1 Å². The van der Waals surface area contributed by atoms with Crippen LogP contribution in [0.4, 0.5) is 0 Å². The Morgan fingerprint density at radius 1 is 1.47 bits per heavy atom. The van der Waals surface area contributed by atoms with Crippen LogP contribution in [0.15, 0.2) is 34.7 Å². The number of rotatable bonds is 4. The summed E-state index contributed by atoms with van der Waals surface area (Å²) in [4.78, 5) is 12.4. The highest BCUT2D eigenvalue weighted by molar-refractivity contribution is 7.80. The number of carbonyl (C=O) groups is 1. The second-order valence-electron chi connectivity index (χ2n) is 4.65. The molecule has 2 rings (SSSR count). The molecule has 0 aliphatic heterocycles. The zero-order chi connectivity index (χ0) is 14.0. The number of para-hydroxylation sites is 1. The van der Waals surface area contributed by atoms with Crippen LogP contribution in [0.1, 0.15) is 30.8 Å². The number of amides is 1. The molecule has 0 aliphatic carbocycles. The highest BCUT2D eigenvalue weighted by Gasteiger charge is 2.29. The van der Waals surface area contributed by atoms with E-state index in [1.807, 2.05) is 31.2 Å². The van der Waals surface area contributed by atoms with Gasteiger partial charge >= 0.3 is 0 Å². The lowest BCUT2D eigenvalue weighted by atomic mass is 9.99. The van der Waals surface area contributed by atoms with Crippen molar-refractivity contribution in [3.63, 3.8) is 0 Å². The van der Waals surface area contributed by atoms with Gasteiger partial charge in [-0.25, -0.2) is 0 Å². The molecule has 1 heterocycles. The van der Waals surface area contributed by atoms with Crippen LogP contribution in [-0.2, 0) is 0 Å². The van der Waals surface area contributed by atoms with E-state index >= 15 is 0 Å². The van der Waals surface area contributed by atoms with E-state index in [0.717, 1.165) is 5.39 Å². The molecule has 5 heteroatoms. The number of furan rings is 1. The SMILES string of the molecule is CCC(C)(NC(=O)c1cc2ccccc2o1)C(N)=S. The Labute approximate surface area is 117 Å². The Bertz CT molecular complexity index is 602. The number of hydrogen-bond acceptors (Lipinski definition) is 3. The predicted octanol–water partition coefficient (Wildman–Crippen LogP) is 2.62. The van der Waals surface area contributed by atoms with E-state index in [9.17, 15) is 4.79 Å². The molecule has 19 heavy (non-hydrogen) atoms. The van der Waals surface area contributed by atoms with E-state index in [2.05, 4.69) is 5.32 Å². The summed E-state index contributed by atoms with van der Waals surface area (Å²) >= 11 is 4.99. The minimum atomic E-state index is -0.703. The second kappa shape index (κ2) is 5.01. The predicted molar refractivity (Wildman–Crippen MR) is 79.2 cm³/mol. The van der Waals surface area contributed by atoms with Crippen molar-refractivity contribution in [2.45, 2.75) is 25.8 Å². The molecule has 1 unspecified atom stereocenters. The minimum Gasteiger partial charge on any atom is -0.451 e. The van der Waals surface area contributed by atoms with Crippen LogP contribution in [0.3, 0.4) is 0 Å². The average Bonchev–Trinajstić information content (AvgIpc) is 2.82. The molecular formula is C14H16N2O2S. The Morgan fingerprint density at radius 3 is 2.74 bits per heavy atom. The van der Waals surface area contributed by atoms with E-state index in [4.69, 9.17) is 22.4 Å². The number of hydrogen-bond donors (Lipinski definition) is 2. The van der Waals surface area contributed by atoms with Crippen molar-refractivity contribution in [1.29, 1.82) is 0 Å². The maximum absolute atomic E-state index is 12.2. The average molecular weight is 276 g/mol. The number of nitrogens with one attached hydrogen (secondary N) is 1. The normalized spacial score (nSPS) is 14.0. The van der Waals surface area contributed by atoms with E-state index in [1.165, 1.54) is 0 Å². The van der Waals surface area contributed by atoms with Gasteiger partial charge in [-0.05, 0) is 25.5 Å². The molecule has 1 atom stereocenters. The van der Waals surface area contributed by atoms with Crippen LogP contribution in [0.2, 0.25) is 0 Å². The number of thiocarbonyl (C=S) groups is 1. The molecule has 0 spiro atoms. The third kappa shape index (κ3) is 2.61. The maximum Gasteiger partial charge on any atom is 0.287 e. The first-order valence-electron chi connectivity index (χ1n) is 6.07. The van der Waals surface area contributed by atoms with Gasteiger partial charge in [0, 0.05) is 5.39 Å². The second-order valence-corrected chi connectivity index (χ2v) is 5.09. The molecule has 0 bridgehead atoms. The molecule has 0 fully saturated rings. The fraction of sp³-hybridized carbons (Fsp3) is 0.286. The van der Waals surface area contributed by atoms with E-state index in [-0.39, 0.29) is 16.7 Å². The summed E-state index contributed by atoms with van der Waals surface area (Å²) in [6.45, 7) is 3.72. The summed E-state index contributed by atoms with van der Waals surface area (Å²) < 4.78 is 5.50. The summed E-state index contributed by atoms with van der Waals surface area (Å²) in [6, 6.07) is 9.17. The van der Waals surface area contributed by atoms with Crippen molar-refractivity contribution in [3.8, 4) is 0 Å². The first kappa shape index (κ1) is 13.5. The van der Waals surface area contributed by atoms with Gasteiger partial charge in [0.15, 0.2) is 5.76 Å². The van der Waals surface area contributed by atoms with E-state index in [0.29, 0.717) is 12.0 Å². The van der Waals surface area contributed by atoms with E-state index < -0.39 is 5.54 Å². The van der Waals surface area contributed by atoms with Gasteiger partial charge in [0.25, 0.3) is 5.91 Å². The van der Waals surface area contributed by atoms with Gasteiger partial charge in [-0.15, -0.1) is 0 Å². The fourth-order valence-corrected chi connectivity index (χ4v) is 1.93. The molecule has 0 radical (unpaired) electrons. The van der Waals surface area contributed by atoms with Crippen LogP contribution in [0, 0.1) is 0 Å². The van der Waals surface area contributed by atoms with Crippen molar-refractivity contribution < 1.29 is 9.21 Å². The summed E-state index contributed by atoms with van der Waals surface area (Å²) in [5.41, 5.74) is 5.65. The van der Waals surface area contributed by atoms with Crippen molar-refractivity contribution in [1.82, 2.24) is 5.32 Å². The molecule has 0 saturated carbocycles. The van der Waals surface area contributed by atoms with Gasteiger partial charge < -0.3 is 15.5 Å². The highest BCUT2D eigenvalue weighted by atomic mass is 32.1. The van der Waals surface area contributed by atoms with Gasteiger partial charge in [-0.3, -0.25) is 4.79 Å². The molecule has 0 aliphatic rings. The number of benzene rings is 1. The Kier molecular flexibility index (Phi) is 3.57. The van der Waals surface area contributed by atoms with E-state index in [1.54, 1.807) is 13.0 Å². The Morgan fingerprint density at radius 2 is 2.16 bits per heavy atom. The Balaban J connectivity index is 2.27. The lowest BCUT2D eigenvalue weighted by Crippen LogP contribution is -2.54. The van der Waals surface area contributed by atoms with Gasteiger partial charge in [-0.1, -0.05) is 37.3 Å². The molecule has 1 aromatic heterocycles. The van der Waals surface area contributed by atoms with Crippen molar-refractivity contribution in [2.75, 3.05) is 0 Å².